The van der Waals surface area contributed by atoms with Gasteiger partial charge < -0.3 is 4.74 Å². The monoisotopic (exact) mass is 199 g/mol. The van der Waals surface area contributed by atoms with Crippen molar-refractivity contribution in [3.05, 3.63) is 30.3 Å². The molecular weight excluding hydrogens is 187 g/mol. The molecule has 0 N–H and O–H groups in total. The minimum Gasteiger partial charge on any atom is -0.446 e. The van der Waals surface area contributed by atoms with Gasteiger partial charge in [-0.2, -0.15) is 0 Å². The Morgan fingerprint density at radius 2 is 2.00 bits per heavy atom. The van der Waals surface area contributed by atoms with Crippen molar-refractivity contribution in [1.82, 2.24) is 0 Å². The maximum atomic E-state index is 11.0. The van der Waals surface area contributed by atoms with Crippen molar-refractivity contribution in [3.8, 4) is 5.75 Å². The Hall–Kier alpha value is -0.920. The van der Waals surface area contributed by atoms with E-state index in [2.05, 4.69) is 0 Å². The molecule has 0 aromatic heterocycles. The van der Waals surface area contributed by atoms with Crippen molar-refractivity contribution in [2.24, 2.45) is 0 Å². The number of rotatable bonds is 5. The Bertz CT molecular complexity index is 261. The Morgan fingerprint density at radius 1 is 1.31 bits per heavy atom. The number of ether oxygens (including phenoxy) is 1. The molecule has 0 saturated carbocycles. The van der Waals surface area contributed by atoms with E-state index in [1.54, 1.807) is 6.92 Å². The van der Waals surface area contributed by atoms with Crippen molar-refractivity contribution >= 4 is 8.03 Å². The van der Waals surface area contributed by atoms with E-state index < -0.39 is 8.03 Å². The predicted octanol–water partition coefficient (Wildman–Crippen LogP) is 2.80. The Kier molecular flexibility index (Phi) is 4.44. The van der Waals surface area contributed by atoms with Gasteiger partial charge in [0.2, 0.25) is 0 Å². The lowest BCUT2D eigenvalue weighted by Gasteiger charge is -1.96. The lowest BCUT2D eigenvalue weighted by molar-refractivity contribution is 0.310. The smallest absolute Gasteiger partial charge is 0.446 e. The predicted molar refractivity (Wildman–Crippen MR) is 51.2 cm³/mol. The fourth-order valence-electron chi connectivity index (χ4n) is 0.825. The van der Waals surface area contributed by atoms with Crippen LogP contribution in [0.1, 0.15) is 6.92 Å². The fraction of sp³-hybridized carbons (Fsp3) is 0.333. The highest BCUT2D eigenvalue weighted by molar-refractivity contribution is 7.38. The molecule has 1 atom stereocenters. The molecule has 3 nitrogen and oxygen atoms in total. The molecule has 0 aliphatic rings. The van der Waals surface area contributed by atoms with Crippen LogP contribution in [0.25, 0.3) is 0 Å². The molecule has 0 spiro atoms. The maximum absolute atomic E-state index is 11.0. The van der Waals surface area contributed by atoms with Gasteiger partial charge in [0, 0.05) is 0 Å². The van der Waals surface area contributed by atoms with Crippen LogP contribution in [-0.2, 0) is 9.09 Å². The number of hydrogen-bond donors (Lipinski definition) is 0. The highest BCUT2D eigenvalue weighted by Gasteiger charge is 2.16. The second-order valence-electron chi connectivity index (χ2n) is 2.34. The highest BCUT2D eigenvalue weighted by Crippen LogP contribution is 2.22. The van der Waals surface area contributed by atoms with Gasteiger partial charge in [-0.15, -0.1) is 4.52 Å². The molecular formula is C9H12O3P+. The second-order valence-corrected chi connectivity index (χ2v) is 3.52. The molecule has 0 amide bonds. The minimum absolute atomic E-state index is 0.118. The van der Waals surface area contributed by atoms with Gasteiger partial charge in [0.15, 0.2) is 0 Å². The molecule has 0 fully saturated rings. The summed E-state index contributed by atoms with van der Waals surface area (Å²) in [5.74, 6) is 0.713. The normalized spacial score (nSPS) is 11.0. The van der Waals surface area contributed by atoms with Crippen molar-refractivity contribution in [2.75, 3.05) is 13.0 Å². The van der Waals surface area contributed by atoms with E-state index in [1.165, 1.54) is 0 Å². The summed E-state index contributed by atoms with van der Waals surface area (Å²) in [6.07, 6.45) is 0.118. The van der Waals surface area contributed by atoms with Crippen LogP contribution in [0.4, 0.5) is 0 Å². The summed E-state index contributed by atoms with van der Waals surface area (Å²) in [6.45, 7) is 2.25. The molecule has 4 heteroatoms. The van der Waals surface area contributed by atoms with Crippen LogP contribution in [-0.4, -0.2) is 13.0 Å². The van der Waals surface area contributed by atoms with Crippen molar-refractivity contribution in [1.29, 1.82) is 0 Å². The third kappa shape index (κ3) is 4.02. The summed E-state index contributed by atoms with van der Waals surface area (Å²) >= 11 is 0. The van der Waals surface area contributed by atoms with Gasteiger partial charge >= 0.3 is 14.4 Å². The summed E-state index contributed by atoms with van der Waals surface area (Å²) in [5, 5.41) is 0. The van der Waals surface area contributed by atoms with Gasteiger partial charge in [-0.3, -0.25) is 0 Å². The number of para-hydroxylation sites is 1. The first-order valence-electron chi connectivity index (χ1n) is 4.08. The third-order valence-electron chi connectivity index (χ3n) is 1.35. The summed E-state index contributed by atoms with van der Waals surface area (Å²) < 4.78 is 21.1. The zero-order valence-corrected chi connectivity index (χ0v) is 8.37. The van der Waals surface area contributed by atoms with Crippen LogP contribution in [0, 0.1) is 0 Å². The quantitative estimate of drug-likeness (QED) is 0.684. The van der Waals surface area contributed by atoms with E-state index in [9.17, 15) is 4.57 Å². The summed E-state index contributed by atoms with van der Waals surface area (Å²) in [7, 11) is -1.68. The maximum Gasteiger partial charge on any atom is 0.550 e. The minimum atomic E-state index is -1.68. The van der Waals surface area contributed by atoms with Gasteiger partial charge in [0.25, 0.3) is 0 Å². The van der Waals surface area contributed by atoms with E-state index in [4.69, 9.17) is 9.26 Å². The molecule has 0 radical (unpaired) electrons. The summed E-state index contributed by atoms with van der Waals surface area (Å²) in [4.78, 5) is 0. The van der Waals surface area contributed by atoms with Crippen molar-refractivity contribution < 1.29 is 13.8 Å². The van der Waals surface area contributed by atoms with Gasteiger partial charge in [-0.1, -0.05) is 18.2 Å². The first-order valence-corrected chi connectivity index (χ1v) is 5.44. The molecule has 1 rings (SSSR count). The Labute approximate surface area is 78.5 Å². The molecule has 1 unspecified atom stereocenters. The molecule has 0 saturated heterocycles. The van der Waals surface area contributed by atoms with Gasteiger partial charge in [0.05, 0.1) is 6.61 Å². The van der Waals surface area contributed by atoms with Crippen LogP contribution in [0.2, 0.25) is 0 Å². The number of benzene rings is 1. The third-order valence-corrected chi connectivity index (χ3v) is 2.24. The summed E-state index contributed by atoms with van der Waals surface area (Å²) in [5.41, 5.74) is 0. The van der Waals surface area contributed by atoms with E-state index in [0.717, 1.165) is 0 Å². The average Bonchev–Trinajstić information content (AvgIpc) is 2.17. The largest absolute Gasteiger partial charge is 0.550 e. The molecule has 1 aromatic rings. The molecule has 0 bridgehead atoms. The lowest BCUT2D eigenvalue weighted by Crippen LogP contribution is -1.93. The second kappa shape index (κ2) is 5.68. The first kappa shape index (κ1) is 10.2. The Balaban J connectivity index is 2.31. The zero-order valence-electron chi connectivity index (χ0n) is 7.47. The zero-order chi connectivity index (χ0) is 9.52. The van der Waals surface area contributed by atoms with Gasteiger partial charge in [-0.25, -0.2) is 0 Å². The van der Waals surface area contributed by atoms with Crippen LogP contribution in [0.15, 0.2) is 30.3 Å². The lowest BCUT2D eigenvalue weighted by atomic mass is 10.3. The highest BCUT2D eigenvalue weighted by atomic mass is 31.1. The molecule has 70 valence electrons. The standard InChI is InChI=1S/C9H12O3P/c1-2-12-13(10)8-11-9-6-4-3-5-7-9/h3-7H,2,8H2,1H3/q+1. The SMILES string of the molecule is CCO[P+](=O)COc1ccccc1. The van der Waals surface area contributed by atoms with Crippen molar-refractivity contribution in [2.45, 2.75) is 6.92 Å². The van der Waals surface area contributed by atoms with E-state index >= 15 is 0 Å². The average molecular weight is 199 g/mol. The molecule has 0 aliphatic heterocycles. The molecule has 1 aromatic carbocycles. The van der Waals surface area contributed by atoms with E-state index in [0.29, 0.717) is 12.4 Å². The molecule has 0 aliphatic carbocycles. The van der Waals surface area contributed by atoms with Crippen molar-refractivity contribution in [3.63, 3.8) is 0 Å². The van der Waals surface area contributed by atoms with E-state index in [-0.39, 0.29) is 6.35 Å². The van der Waals surface area contributed by atoms with E-state index in [1.807, 2.05) is 30.3 Å². The van der Waals surface area contributed by atoms with Crippen LogP contribution in [0.5, 0.6) is 5.75 Å². The van der Waals surface area contributed by atoms with Gasteiger partial charge in [-0.05, 0) is 23.6 Å². The van der Waals surface area contributed by atoms with Crippen LogP contribution < -0.4 is 4.74 Å². The molecule has 0 heterocycles. The van der Waals surface area contributed by atoms with Gasteiger partial charge in [0.1, 0.15) is 5.75 Å². The Morgan fingerprint density at radius 3 is 2.62 bits per heavy atom. The van der Waals surface area contributed by atoms with Crippen LogP contribution in [0.3, 0.4) is 0 Å². The topological polar surface area (TPSA) is 35.5 Å². The molecule has 13 heavy (non-hydrogen) atoms. The van der Waals surface area contributed by atoms with Crippen LogP contribution >= 0.6 is 8.03 Å². The number of hydrogen-bond acceptors (Lipinski definition) is 3. The fourth-order valence-corrected chi connectivity index (χ4v) is 1.44. The summed E-state index contributed by atoms with van der Waals surface area (Å²) in [6, 6.07) is 9.26. The first-order chi connectivity index (χ1) is 6.33.